The van der Waals surface area contributed by atoms with E-state index >= 15 is 0 Å². The third kappa shape index (κ3) is 3.83. The maximum atomic E-state index is 11.5. The van der Waals surface area contributed by atoms with Crippen LogP contribution < -0.4 is 16.8 Å². The topological polar surface area (TPSA) is 148 Å². The van der Waals surface area contributed by atoms with Crippen LogP contribution in [0.2, 0.25) is 0 Å². The molecule has 18 heavy (non-hydrogen) atoms. The van der Waals surface area contributed by atoms with Gasteiger partial charge in [-0.1, -0.05) is 0 Å². The molecule has 8 heteroatoms. The molecule has 2 amide bonds. The molecule has 0 aliphatic heterocycles. The standard InChI is InChI=1S/C10H12N4O4/c11-7(2-8(12)15)9(16)14-6-1-5(10(17)18)3-13-4-6/h1,3-4,7H,2,11H2,(H2,12,15)(H,14,16)(H,17,18). The molecule has 1 aromatic heterocycles. The van der Waals surface area contributed by atoms with Gasteiger partial charge in [0.15, 0.2) is 0 Å². The first-order chi connectivity index (χ1) is 8.40. The van der Waals surface area contributed by atoms with Crippen LogP contribution in [0.5, 0.6) is 0 Å². The van der Waals surface area contributed by atoms with Crippen molar-refractivity contribution in [3.05, 3.63) is 24.0 Å². The largest absolute Gasteiger partial charge is 0.478 e. The Kier molecular flexibility index (Phi) is 4.33. The molecule has 1 rings (SSSR count). The fraction of sp³-hybridized carbons (Fsp3) is 0.200. The van der Waals surface area contributed by atoms with Gasteiger partial charge < -0.3 is 21.9 Å². The molecule has 0 fully saturated rings. The van der Waals surface area contributed by atoms with Gasteiger partial charge >= 0.3 is 5.97 Å². The predicted molar refractivity (Wildman–Crippen MR) is 61.6 cm³/mol. The Hall–Kier alpha value is -2.48. The van der Waals surface area contributed by atoms with Crippen LogP contribution in [0.15, 0.2) is 18.5 Å². The molecule has 1 unspecified atom stereocenters. The van der Waals surface area contributed by atoms with Crippen molar-refractivity contribution in [1.29, 1.82) is 0 Å². The predicted octanol–water partition coefficient (Wildman–Crippen LogP) is -1.08. The van der Waals surface area contributed by atoms with E-state index in [-0.39, 0.29) is 17.7 Å². The van der Waals surface area contributed by atoms with E-state index in [9.17, 15) is 14.4 Å². The molecule has 1 atom stereocenters. The van der Waals surface area contributed by atoms with Crippen LogP contribution >= 0.6 is 0 Å². The summed E-state index contributed by atoms with van der Waals surface area (Å²) in [6, 6.07) is 0.139. The number of pyridine rings is 1. The Balaban J connectivity index is 2.72. The maximum Gasteiger partial charge on any atom is 0.337 e. The Morgan fingerprint density at radius 3 is 2.61 bits per heavy atom. The SMILES string of the molecule is NC(=O)CC(N)C(=O)Nc1cncc(C(=O)O)c1. The van der Waals surface area contributed by atoms with E-state index in [2.05, 4.69) is 10.3 Å². The first kappa shape index (κ1) is 13.6. The summed E-state index contributed by atoms with van der Waals surface area (Å²) in [6.07, 6.45) is 2.11. The van der Waals surface area contributed by atoms with E-state index in [4.69, 9.17) is 16.6 Å². The van der Waals surface area contributed by atoms with Crippen LogP contribution in [0.4, 0.5) is 5.69 Å². The van der Waals surface area contributed by atoms with Crippen LogP contribution in [0.25, 0.3) is 0 Å². The molecule has 1 heterocycles. The van der Waals surface area contributed by atoms with Crippen LogP contribution in [-0.4, -0.2) is 33.9 Å². The van der Waals surface area contributed by atoms with Crippen molar-refractivity contribution in [2.75, 3.05) is 5.32 Å². The van der Waals surface area contributed by atoms with E-state index in [0.29, 0.717) is 0 Å². The Morgan fingerprint density at radius 2 is 2.06 bits per heavy atom. The number of hydrogen-bond acceptors (Lipinski definition) is 5. The number of aromatic nitrogens is 1. The highest BCUT2D eigenvalue weighted by Gasteiger charge is 2.16. The number of carbonyl (C=O) groups is 3. The molecular formula is C10H12N4O4. The molecule has 0 radical (unpaired) electrons. The minimum Gasteiger partial charge on any atom is -0.478 e. The number of nitrogens with two attached hydrogens (primary N) is 2. The number of nitrogens with one attached hydrogen (secondary N) is 1. The van der Waals surface area contributed by atoms with Crippen molar-refractivity contribution >= 4 is 23.5 Å². The second-order valence-electron chi connectivity index (χ2n) is 3.53. The van der Waals surface area contributed by atoms with Crippen LogP contribution in [0, 0.1) is 0 Å². The number of rotatable bonds is 5. The summed E-state index contributed by atoms with van der Waals surface area (Å²) in [6.45, 7) is 0. The fourth-order valence-corrected chi connectivity index (χ4v) is 1.17. The number of carbonyl (C=O) groups excluding carboxylic acids is 2. The Morgan fingerprint density at radius 1 is 1.39 bits per heavy atom. The third-order valence-corrected chi connectivity index (χ3v) is 2.01. The molecule has 0 aromatic carbocycles. The second-order valence-corrected chi connectivity index (χ2v) is 3.53. The molecular weight excluding hydrogens is 240 g/mol. The van der Waals surface area contributed by atoms with E-state index in [1.807, 2.05) is 0 Å². The molecule has 8 nitrogen and oxygen atoms in total. The molecule has 0 aliphatic rings. The van der Waals surface area contributed by atoms with Crippen LogP contribution in [-0.2, 0) is 9.59 Å². The van der Waals surface area contributed by atoms with Gasteiger partial charge in [-0.15, -0.1) is 0 Å². The molecule has 6 N–H and O–H groups in total. The van der Waals surface area contributed by atoms with Gasteiger partial charge in [-0.05, 0) is 6.07 Å². The van der Waals surface area contributed by atoms with Crippen molar-refractivity contribution in [2.45, 2.75) is 12.5 Å². The zero-order valence-electron chi connectivity index (χ0n) is 9.29. The van der Waals surface area contributed by atoms with E-state index in [1.54, 1.807) is 0 Å². The van der Waals surface area contributed by atoms with Gasteiger partial charge in [0, 0.05) is 6.20 Å². The minimum atomic E-state index is -1.17. The zero-order chi connectivity index (χ0) is 13.7. The van der Waals surface area contributed by atoms with Crippen molar-refractivity contribution in [2.24, 2.45) is 11.5 Å². The number of aromatic carboxylic acids is 1. The monoisotopic (exact) mass is 252 g/mol. The van der Waals surface area contributed by atoms with Crippen molar-refractivity contribution in [3.8, 4) is 0 Å². The molecule has 0 spiro atoms. The maximum absolute atomic E-state index is 11.5. The smallest absolute Gasteiger partial charge is 0.337 e. The highest BCUT2D eigenvalue weighted by molar-refractivity contribution is 5.98. The van der Waals surface area contributed by atoms with Gasteiger partial charge in [0.1, 0.15) is 0 Å². The zero-order valence-corrected chi connectivity index (χ0v) is 9.29. The fourth-order valence-electron chi connectivity index (χ4n) is 1.17. The average molecular weight is 252 g/mol. The van der Waals surface area contributed by atoms with Gasteiger partial charge in [0.05, 0.1) is 29.9 Å². The summed E-state index contributed by atoms with van der Waals surface area (Å²) in [5.74, 6) is -2.51. The lowest BCUT2D eigenvalue weighted by Gasteiger charge is -2.10. The van der Waals surface area contributed by atoms with Gasteiger partial charge in [0.25, 0.3) is 0 Å². The summed E-state index contributed by atoms with van der Waals surface area (Å²) in [4.78, 5) is 36.4. The Labute approximate surface area is 102 Å². The number of anilines is 1. The summed E-state index contributed by atoms with van der Waals surface area (Å²) < 4.78 is 0. The molecule has 0 bridgehead atoms. The van der Waals surface area contributed by atoms with Crippen LogP contribution in [0.1, 0.15) is 16.8 Å². The van der Waals surface area contributed by atoms with E-state index < -0.39 is 23.8 Å². The minimum absolute atomic E-state index is 0.0729. The summed E-state index contributed by atoms with van der Waals surface area (Å²) in [5.41, 5.74) is 10.4. The summed E-state index contributed by atoms with van der Waals surface area (Å²) >= 11 is 0. The second kappa shape index (κ2) is 5.73. The quantitative estimate of drug-likeness (QED) is 0.523. The number of hydrogen-bond donors (Lipinski definition) is 4. The van der Waals surface area contributed by atoms with Gasteiger partial charge in [-0.3, -0.25) is 14.6 Å². The van der Waals surface area contributed by atoms with E-state index in [0.717, 1.165) is 6.20 Å². The first-order valence-corrected chi connectivity index (χ1v) is 4.93. The van der Waals surface area contributed by atoms with E-state index in [1.165, 1.54) is 12.3 Å². The normalized spacial score (nSPS) is 11.6. The third-order valence-electron chi connectivity index (χ3n) is 2.01. The lowest BCUT2D eigenvalue weighted by atomic mass is 10.2. The van der Waals surface area contributed by atoms with Gasteiger partial charge in [0.2, 0.25) is 11.8 Å². The molecule has 0 saturated heterocycles. The first-order valence-electron chi connectivity index (χ1n) is 4.93. The van der Waals surface area contributed by atoms with Crippen molar-refractivity contribution in [3.63, 3.8) is 0 Å². The summed E-state index contributed by atoms with van der Waals surface area (Å²) in [7, 11) is 0. The number of carboxylic acids is 1. The van der Waals surface area contributed by atoms with Crippen molar-refractivity contribution in [1.82, 2.24) is 4.98 Å². The molecule has 96 valence electrons. The average Bonchev–Trinajstić information content (AvgIpc) is 2.28. The van der Waals surface area contributed by atoms with Gasteiger partial charge in [-0.2, -0.15) is 0 Å². The summed E-state index contributed by atoms with van der Waals surface area (Å²) in [5, 5.41) is 11.1. The number of amides is 2. The van der Waals surface area contributed by atoms with Crippen LogP contribution in [0.3, 0.4) is 0 Å². The number of primary amides is 1. The lowest BCUT2D eigenvalue weighted by Crippen LogP contribution is -2.39. The highest BCUT2D eigenvalue weighted by atomic mass is 16.4. The van der Waals surface area contributed by atoms with Gasteiger partial charge in [-0.25, -0.2) is 4.79 Å². The lowest BCUT2D eigenvalue weighted by molar-refractivity contribution is -0.123. The van der Waals surface area contributed by atoms with Crippen molar-refractivity contribution < 1.29 is 19.5 Å². The Bertz CT molecular complexity index is 489. The molecule has 1 aromatic rings. The molecule has 0 aliphatic carbocycles. The number of carboxylic acid groups (broad SMARTS) is 1. The molecule has 0 saturated carbocycles. The number of nitrogens with zero attached hydrogens (tertiary/aromatic N) is 1. The highest BCUT2D eigenvalue weighted by Crippen LogP contribution is 2.08.